The van der Waals surface area contributed by atoms with Crippen LogP contribution < -0.4 is 9.80 Å². The summed E-state index contributed by atoms with van der Waals surface area (Å²) in [4.78, 5) is 4.14. The number of rotatable bonds is 7. The van der Waals surface area contributed by atoms with Gasteiger partial charge in [0.2, 0.25) is 0 Å². The molecule has 6 aromatic carbocycles. The van der Waals surface area contributed by atoms with Gasteiger partial charge in [-0.15, -0.1) is 10.2 Å². The molecule has 0 atom stereocenters. The van der Waals surface area contributed by atoms with Gasteiger partial charge >= 0.3 is 0 Å². The van der Waals surface area contributed by atoms with Crippen LogP contribution in [0.2, 0.25) is 0 Å². The molecular formula is C38H36N6. The predicted molar refractivity (Wildman–Crippen MR) is 186 cm³/mol. The van der Waals surface area contributed by atoms with Gasteiger partial charge in [-0.2, -0.15) is 10.2 Å². The van der Waals surface area contributed by atoms with E-state index < -0.39 is 0 Å². The van der Waals surface area contributed by atoms with Crippen LogP contribution in [0.4, 0.5) is 34.1 Å². The third-order valence-corrected chi connectivity index (χ3v) is 7.97. The molecule has 0 saturated carbocycles. The molecule has 218 valence electrons. The van der Waals surface area contributed by atoms with Gasteiger partial charge in [0.25, 0.3) is 0 Å². The SMILES string of the molecule is Cc1ccc2cc(-c3cc(C)c(N=Nc4ccc(N(C)C)cc4)c4ccccc34)ccc2c1N=Nc1ccc(N(C)C)cc1. The fourth-order valence-electron chi connectivity index (χ4n) is 5.44. The van der Waals surface area contributed by atoms with E-state index in [2.05, 4.69) is 119 Å². The summed E-state index contributed by atoms with van der Waals surface area (Å²) in [6.45, 7) is 4.19. The molecule has 6 aromatic rings. The Morgan fingerprint density at radius 2 is 1.00 bits per heavy atom. The van der Waals surface area contributed by atoms with Crippen LogP contribution >= 0.6 is 0 Å². The van der Waals surface area contributed by atoms with Gasteiger partial charge in [-0.05, 0) is 108 Å². The quantitative estimate of drug-likeness (QED) is 0.177. The summed E-state index contributed by atoms with van der Waals surface area (Å²) >= 11 is 0. The van der Waals surface area contributed by atoms with Crippen LogP contribution in [0.5, 0.6) is 0 Å². The topological polar surface area (TPSA) is 55.9 Å². The Morgan fingerprint density at radius 1 is 0.455 bits per heavy atom. The number of benzene rings is 6. The van der Waals surface area contributed by atoms with Gasteiger partial charge in [-0.3, -0.25) is 0 Å². The normalized spacial score (nSPS) is 11.7. The molecule has 0 aliphatic rings. The highest BCUT2D eigenvalue weighted by molar-refractivity contribution is 6.05. The maximum absolute atomic E-state index is 4.73. The van der Waals surface area contributed by atoms with Crippen molar-refractivity contribution in [3.05, 3.63) is 120 Å². The second-order valence-electron chi connectivity index (χ2n) is 11.5. The Bertz CT molecular complexity index is 2020. The lowest BCUT2D eigenvalue weighted by Crippen LogP contribution is -2.07. The third kappa shape index (κ3) is 5.79. The first-order chi connectivity index (χ1) is 21.3. The van der Waals surface area contributed by atoms with E-state index >= 15 is 0 Å². The van der Waals surface area contributed by atoms with E-state index in [-0.39, 0.29) is 0 Å². The summed E-state index contributed by atoms with van der Waals surface area (Å²) in [6.07, 6.45) is 0. The van der Waals surface area contributed by atoms with Crippen LogP contribution in [0.3, 0.4) is 0 Å². The second-order valence-corrected chi connectivity index (χ2v) is 11.5. The van der Waals surface area contributed by atoms with Crippen LogP contribution in [0.25, 0.3) is 32.7 Å². The Balaban J connectivity index is 1.36. The van der Waals surface area contributed by atoms with Crippen molar-refractivity contribution in [3.63, 3.8) is 0 Å². The van der Waals surface area contributed by atoms with E-state index in [0.717, 1.165) is 72.4 Å². The summed E-state index contributed by atoms with van der Waals surface area (Å²) < 4.78 is 0. The lowest BCUT2D eigenvalue weighted by atomic mass is 9.92. The first-order valence-electron chi connectivity index (χ1n) is 14.7. The number of azo groups is 2. The van der Waals surface area contributed by atoms with Crippen LogP contribution in [0.1, 0.15) is 11.1 Å². The summed E-state index contributed by atoms with van der Waals surface area (Å²) in [7, 11) is 8.11. The predicted octanol–water partition coefficient (Wildman–Crippen LogP) is 11.2. The van der Waals surface area contributed by atoms with Gasteiger partial charge in [-0.1, -0.05) is 48.5 Å². The van der Waals surface area contributed by atoms with Crippen molar-refractivity contribution in [1.29, 1.82) is 0 Å². The molecule has 6 heteroatoms. The molecule has 0 bridgehead atoms. The highest BCUT2D eigenvalue weighted by Gasteiger charge is 2.13. The van der Waals surface area contributed by atoms with Gasteiger partial charge in [0.1, 0.15) is 0 Å². The Labute approximate surface area is 259 Å². The maximum atomic E-state index is 4.73. The summed E-state index contributed by atoms with van der Waals surface area (Å²) in [5.41, 5.74) is 10.2. The number of fused-ring (bicyclic) bond motifs is 2. The average molecular weight is 577 g/mol. The number of aryl methyl sites for hydroxylation is 2. The monoisotopic (exact) mass is 576 g/mol. The number of hydrogen-bond donors (Lipinski definition) is 0. The first-order valence-corrected chi connectivity index (χ1v) is 14.7. The standard InChI is InChI=1S/C38H36N6/c1-25-11-12-27-24-28(13-22-33(27)37(25)41-39-29-14-18-31(19-15-29)43(3)4)36-23-26(2)38(35-10-8-7-9-34(35)36)42-40-30-16-20-32(21-17-30)44(5)6/h7-24H,1-6H3. The molecule has 6 rings (SSSR count). The highest BCUT2D eigenvalue weighted by atomic mass is 15.1. The zero-order valence-electron chi connectivity index (χ0n) is 26.1. The molecule has 6 nitrogen and oxygen atoms in total. The summed E-state index contributed by atoms with van der Waals surface area (Å²) in [5, 5.41) is 23.0. The maximum Gasteiger partial charge on any atom is 0.0964 e. The van der Waals surface area contributed by atoms with E-state index in [1.54, 1.807) is 0 Å². The minimum Gasteiger partial charge on any atom is -0.378 e. The molecule has 0 heterocycles. The van der Waals surface area contributed by atoms with Crippen molar-refractivity contribution in [2.24, 2.45) is 20.5 Å². The van der Waals surface area contributed by atoms with Crippen molar-refractivity contribution >= 4 is 55.7 Å². The fraction of sp³-hybridized carbons (Fsp3) is 0.158. The van der Waals surface area contributed by atoms with E-state index in [4.69, 9.17) is 10.2 Å². The Morgan fingerprint density at radius 3 is 1.57 bits per heavy atom. The number of anilines is 2. The lowest BCUT2D eigenvalue weighted by Gasteiger charge is -2.14. The molecule has 0 amide bonds. The summed E-state index contributed by atoms with van der Waals surface area (Å²) in [6, 6.07) is 37.7. The number of hydrogen-bond acceptors (Lipinski definition) is 6. The average Bonchev–Trinajstić information content (AvgIpc) is 3.03. The van der Waals surface area contributed by atoms with Gasteiger partial charge in [0.15, 0.2) is 0 Å². The van der Waals surface area contributed by atoms with Crippen LogP contribution in [-0.4, -0.2) is 28.2 Å². The van der Waals surface area contributed by atoms with Crippen molar-refractivity contribution in [2.75, 3.05) is 38.0 Å². The third-order valence-electron chi connectivity index (χ3n) is 7.97. The van der Waals surface area contributed by atoms with E-state index in [0.29, 0.717) is 0 Å². The van der Waals surface area contributed by atoms with Gasteiger partial charge in [0.05, 0.1) is 22.7 Å². The molecule has 0 aliphatic heterocycles. The Hall–Kier alpha value is -5.36. The zero-order valence-corrected chi connectivity index (χ0v) is 26.1. The molecular weight excluding hydrogens is 540 g/mol. The summed E-state index contributed by atoms with van der Waals surface area (Å²) in [5.74, 6) is 0. The molecule has 0 fully saturated rings. The molecule has 0 spiro atoms. The van der Waals surface area contributed by atoms with Gasteiger partial charge in [-0.25, -0.2) is 0 Å². The molecule has 0 aliphatic carbocycles. The molecule has 0 unspecified atom stereocenters. The van der Waals surface area contributed by atoms with Gasteiger partial charge < -0.3 is 9.80 Å². The van der Waals surface area contributed by atoms with Crippen LogP contribution in [0.15, 0.2) is 130 Å². The largest absolute Gasteiger partial charge is 0.378 e. The second kappa shape index (κ2) is 12.1. The van der Waals surface area contributed by atoms with E-state index in [1.165, 1.54) is 5.56 Å². The minimum absolute atomic E-state index is 0.825. The van der Waals surface area contributed by atoms with E-state index in [9.17, 15) is 0 Å². The molecule has 0 aromatic heterocycles. The van der Waals surface area contributed by atoms with Gasteiger partial charge in [0, 0.05) is 50.3 Å². The van der Waals surface area contributed by atoms with Crippen molar-refractivity contribution < 1.29 is 0 Å². The van der Waals surface area contributed by atoms with Crippen molar-refractivity contribution in [1.82, 2.24) is 0 Å². The molecule has 44 heavy (non-hydrogen) atoms. The smallest absolute Gasteiger partial charge is 0.0964 e. The van der Waals surface area contributed by atoms with Crippen molar-refractivity contribution in [2.45, 2.75) is 13.8 Å². The highest BCUT2D eigenvalue weighted by Crippen LogP contribution is 2.40. The first kappa shape index (κ1) is 28.7. The van der Waals surface area contributed by atoms with E-state index in [1.807, 2.05) is 52.5 Å². The zero-order chi connectivity index (χ0) is 30.8. The lowest BCUT2D eigenvalue weighted by molar-refractivity contribution is 1.13. The Kier molecular flexibility index (Phi) is 7.90. The molecule has 0 N–H and O–H groups in total. The molecule has 0 saturated heterocycles. The van der Waals surface area contributed by atoms with Crippen LogP contribution in [-0.2, 0) is 0 Å². The fourth-order valence-corrected chi connectivity index (χ4v) is 5.44. The molecule has 0 radical (unpaired) electrons. The number of nitrogens with zero attached hydrogens (tertiary/aromatic N) is 6. The van der Waals surface area contributed by atoms with Crippen molar-refractivity contribution in [3.8, 4) is 11.1 Å². The van der Waals surface area contributed by atoms with Crippen LogP contribution in [0, 0.1) is 13.8 Å². The minimum atomic E-state index is 0.825.